The number of carbonyl (C=O) groups excluding carboxylic acids is 1. The number of nitrogen functional groups attached to an aromatic ring is 1. The first-order chi connectivity index (χ1) is 10.3. The fourth-order valence-corrected chi connectivity index (χ4v) is 2.61. The van der Waals surface area contributed by atoms with Gasteiger partial charge in [0.05, 0.1) is 5.56 Å². The smallest absolute Gasteiger partial charge is 0.399 e. The lowest BCUT2D eigenvalue weighted by Crippen LogP contribution is -2.34. The van der Waals surface area contributed by atoms with E-state index in [2.05, 4.69) is 17.1 Å². The van der Waals surface area contributed by atoms with Crippen LogP contribution in [0.5, 0.6) is 0 Å². The maximum atomic E-state index is 12.7. The summed E-state index contributed by atoms with van der Waals surface area (Å²) < 4.78 is 38.1. The minimum Gasteiger partial charge on any atom is -0.399 e. The van der Waals surface area contributed by atoms with E-state index in [1.54, 1.807) is 0 Å². The molecule has 1 aliphatic heterocycles. The van der Waals surface area contributed by atoms with E-state index in [-0.39, 0.29) is 11.3 Å². The molecular weight excluding hydrogens is 295 g/mol. The van der Waals surface area contributed by atoms with Crippen LogP contribution in [0.3, 0.4) is 0 Å². The summed E-state index contributed by atoms with van der Waals surface area (Å²) in [5, 5.41) is 2.64. The summed E-state index contributed by atoms with van der Waals surface area (Å²) >= 11 is 0. The van der Waals surface area contributed by atoms with Gasteiger partial charge in [0, 0.05) is 30.9 Å². The van der Waals surface area contributed by atoms with Crippen LogP contribution in [0.4, 0.5) is 18.9 Å². The Morgan fingerprint density at radius 2 is 2.14 bits per heavy atom. The van der Waals surface area contributed by atoms with Crippen molar-refractivity contribution in [3.63, 3.8) is 0 Å². The summed E-state index contributed by atoms with van der Waals surface area (Å²) in [5.41, 5.74) is 4.39. The molecule has 1 aromatic carbocycles. The number of hydrogen-bond donors (Lipinski definition) is 2. The van der Waals surface area contributed by atoms with E-state index in [1.165, 1.54) is 6.07 Å². The van der Waals surface area contributed by atoms with Crippen LogP contribution >= 0.6 is 0 Å². The fourth-order valence-electron chi connectivity index (χ4n) is 2.61. The van der Waals surface area contributed by atoms with Crippen LogP contribution in [0.1, 0.15) is 29.3 Å². The van der Waals surface area contributed by atoms with Crippen molar-refractivity contribution >= 4 is 11.6 Å². The Balaban J connectivity index is 1.93. The largest absolute Gasteiger partial charge is 0.416 e. The quantitative estimate of drug-likeness (QED) is 0.839. The molecule has 3 N–H and O–H groups in total. The van der Waals surface area contributed by atoms with Gasteiger partial charge < -0.3 is 16.0 Å². The molecule has 4 nitrogen and oxygen atoms in total. The SMILES string of the molecule is CC1CCN(CCNC(=O)c2cc(N)cc(C(F)(F)F)c2)C1. The molecule has 122 valence electrons. The zero-order valence-electron chi connectivity index (χ0n) is 12.4. The number of alkyl halides is 3. The molecule has 0 saturated carbocycles. The number of nitrogens with one attached hydrogen (secondary N) is 1. The van der Waals surface area contributed by atoms with Crippen molar-refractivity contribution in [2.24, 2.45) is 5.92 Å². The molecule has 1 amide bonds. The minimum atomic E-state index is -4.52. The van der Waals surface area contributed by atoms with E-state index in [0.717, 1.165) is 31.6 Å². The number of amides is 1. The average molecular weight is 315 g/mol. The molecule has 1 fully saturated rings. The predicted octanol–water partition coefficient (Wildman–Crippen LogP) is 2.36. The lowest BCUT2D eigenvalue weighted by molar-refractivity contribution is -0.137. The first kappa shape index (κ1) is 16.6. The molecule has 0 aromatic heterocycles. The number of rotatable bonds is 4. The van der Waals surface area contributed by atoms with Gasteiger partial charge >= 0.3 is 6.18 Å². The number of halogens is 3. The first-order valence-corrected chi connectivity index (χ1v) is 7.24. The van der Waals surface area contributed by atoms with E-state index >= 15 is 0 Å². The molecule has 1 aliphatic rings. The Morgan fingerprint density at radius 3 is 2.73 bits per heavy atom. The van der Waals surface area contributed by atoms with Gasteiger partial charge in [-0.05, 0) is 37.1 Å². The van der Waals surface area contributed by atoms with Gasteiger partial charge in [0.25, 0.3) is 5.91 Å². The number of hydrogen-bond acceptors (Lipinski definition) is 3. The number of anilines is 1. The minimum absolute atomic E-state index is 0.0675. The Hall–Kier alpha value is -1.76. The highest BCUT2D eigenvalue weighted by Gasteiger charge is 2.31. The molecular formula is C15H20F3N3O. The second-order valence-corrected chi connectivity index (χ2v) is 5.79. The molecule has 1 heterocycles. The van der Waals surface area contributed by atoms with Gasteiger partial charge in [-0.15, -0.1) is 0 Å². The van der Waals surface area contributed by atoms with Crippen molar-refractivity contribution in [3.05, 3.63) is 29.3 Å². The Labute approximate surface area is 127 Å². The van der Waals surface area contributed by atoms with Crippen molar-refractivity contribution in [1.82, 2.24) is 10.2 Å². The van der Waals surface area contributed by atoms with Gasteiger partial charge in [-0.1, -0.05) is 6.92 Å². The van der Waals surface area contributed by atoms with Crippen molar-refractivity contribution in [3.8, 4) is 0 Å². The van der Waals surface area contributed by atoms with E-state index in [9.17, 15) is 18.0 Å². The normalized spacial score (nSPS) is 19.4. The van der Waals surface area contributed by atoms with Gasteiger partial charge in [-0.2, -0.15) is 13.2 Å². The fraction of sp³-hybridized carbons (Fsp3) is 0.533. The highest BCUT2D eigenvalue weighted by Crippen LogP contribution is 2.31. The van der Waals surface area contributed by atoms with Gasteiger partial charge in [-0.25, -0.2) is 0 Å². The number of likely N-dealkylation sites (tertiary alicyclic amines) is 1. The van der Waals surface area contributed by atoms with Crippen LogP contribution in [-0.4, -0.2) is 37.0 Å². The van der Waals surface area contributed by atoms with Crippen LogP contribution in [0, 0.1) is 5.92 Å². The summed E-state index contributed by atoms with van der Waals surface area (Å²) in [6.45, 7) is 5.26. The van der Waals surface area contributed by atoms with Gasteiger partial charge in [0.2, 0.25) is 0 Å². The van der Waals surface area contributed by atoms with Crippen LogP contribution in [0.15, 0.2) is 18.2 Å². The molecule has 0 aliphatic carbocycles. The van der Waals surface area contributed by atoms with Crippen LogP contribution in [0.2, 0.25) is 0 Å². The van der Waals surface area contributed by atoms with Crippen molar-refractivity contribution in [2.75, 3.05) is 31.9 Å². The van der Waals surface area contributed by atoms with E-state index in [4.69, 9.17) is 5.73 Å². The van der Waals surface area contributed by atoms with Gasteiger partial charge in [0.1, 0.15) is 0 Å². The van der Waals surface area contributed by atoms with E-state index < -0.39 is 17.6 Å². The summed E-state index contributed by atoms with van der Waals surface area (Å²) in [6.07, 6.45) is -3.38. The summed E-state index contributed by atoms with van der Waals surface area (Å²) in [6, 6.07) is 2.90. The molecule has 1 saturated heterocycles. The summed E-state index contributed by atoms with van der Waals surface area (Å²) in [4.78, 5) is 14.2. The second-order valence-electron chi connectivity index (χ2n) is 5.79. The Kier molecular flexibility index (Phi) is 4.95. The molecule has 0 bridgehead atoms. The number of nitrogens with zero attached hydrogens (tertiary/aromatic N) is 1. The summed E-state index contributed by atoms with van der Waals surface area (Å²) in [5.74, 6) is 0.115. The van der Waals surface area contributed by atoms with Crippen molar-refractivity contribution < 1.29 is 18.0 Å². The third-order valence-corrected chi connectivity index (χ3v) is 3.77. The Morgan fingerprint density at radius 1 is 1.41 bits per heavy atom. The maximum absolute atomic E-state index is 12.7. The third-order valence-electron chi connectivity index (χ3n) is 3.77. The standard InChI is InChI=1S/C15H20F3N3O/c1-10-2-4-21(9-10)5-3-20-14(22)11-6-12(15(16,17)18)8-13(19)7-11/h6-8,10H,2-5,9,19H2,1H3,(H,20,22). The molecule has 22 heavy (non-hydrogen) atoms. The molecule has 1 atom stereocenters. The van der Waals surface area contributed by atoms with E-state index in [0.29, 0.717) is 19.0 Å². The molecule has 0 spiro atoms. The molecule has 7 heteroatoms. The third kappa shape index (κ3) is 4.37. The average Bonchev–Trinajstić information content (AvgIpc) is 2.82. The molecule has 2 rings (SSSR count). The van der Waals surface area contributed by atoms with Gasteiger partial charge in [0.15, 0.2) is 0 Å². The highest BCUT2D eigenvalue weighted by molar-refractivity contribution is 5.95. The number of nitrogens with two attached hydrogens (primary N) is 1. The van der Waals surface area contributed by atoms with Crippen molar-refractivity contribution in [1.29, 1.82) is 0 Å². The summed E-state index contributed by atoms with van der Waals surface area (Å²) in [7, 11) is 0. The van der Waals surface area contributed by atoms with Crippen LogP contribution in [0.25, 0.3) is 0 Å². The maximum Gasteiger partial charge on any atom is 0.416 e. The van der Waals surface area contributed by atoms with E-state index in [1.807, 2.05) is 0 Å². The first-order valence-electron chi connectivity index (χ1n) is 7.24. The zero-order valence-corrected chi connectivity index (χ0v) is 12.4. The van der Waals surface area contributed by atoms with Gasteiger partial charge in [-0.3, -0.25) is 4.79 Å². The van der Waals surface area contributed by atoms with Crippen LogP contribution < -0.4 is 11.1 Å². The Bertz CT molecular complexity index is 545. The number of carbonyl (C=O) groups is 1. The lowest BCUT2D eigenvalue weighted by Gasteiger charge is -2.16. The lowest BCUT2D eigenvalue weighted by atomic mass is 10.1. The second kappa shape index (κ2) is 6.56. The number of benzene rings is 1. The van der Waals surface area contributed by atoms with Crippen LogP contribution in [-0.2, 0) is 6.18 Å². The molecule has 0 radical (unpaired) electrons. The predicted molar refractivity (Wildman–Crippen MR) is 78.4 cm³/mol. The zero-order chi connectivity index (χ0) is 16.3. The molecule has 1 unspecified atom stereocenters. The topological polar surface area (TPSA) is 58.4 Å². The van der Waals surface area contributed by atoms with Crippen molar-refractivity contribution in [2.45, 2.75) is 19.5 Å². The highest BCUT2D eigenvalue weighted by atomic mass is 19.4. The monoisotopic (exact) mass is 315 g/mol. The molecule has 1 aromatic rings.